The molecule has 2 saturated heterocycles. The largest absolute Gasteiger partial charge is 0.417 e. The van der Waals surface area contributed by atoms with Crippen LogP contribution in [0.5, 0.6) is 0 Å². The topological polar surface area (TPSA) is 181 Å². The van der Waals surface area contributed by atoms with Gasteiger partial charge in [-0.15, -0.1) is 0 Å². The van der Waals surface area contributed by atoms with Gasteiger partial charge in [0.2, 0.25) is 17.4 Å². The highest BCUT2D eigenvalue weighted by molar-refractivity contribution is 6.24. The molecule has 1 aromatic heterocycles. The third kappa shape index (κ3) is 10.0. The molecule has 1 unspecified atom stereocenters. The molecule has 4 heterocycles. The maximum absolute atomic E-state index is 15.5. The van der Waals surface area contributed by atoms with Crippen LogP contribution in [0.2, 0.25) is 0 Å². The van der Waals surface area contributed by atoms with E-state index < -0.39 is 70.2 Å². The molecule has 2 fully saturated rings. The second-order valence-corrected chi connectivity index (χ2v) is 16.8. The van der Waals surface area contributed by atoms with Gasteiger partial charge < -0.3 is 20.5 Å². The maximum atomic E-state index is 15.5. The van der Waals surface area contributed by atoms with E-state index in [9.17, 15) is 46.7 Å². The number of benzene rings is 3. The van der Waals surface area contributed by atoms with Gasteiger partial charge >= 0.3 is 6.18 Å². The molecule has 342 valence electrons. The zero-order chi connectivity index (χ0) is 46.7. The fourth-order valence-electron chi connectivity index (χ4n) is 8.72. The smallest absolute Gasteiger partial charge is 0.367 e. The summed E-state index contributed by atoms with van der Waals surface area (Å²) in [7, 11) is 1.98. The Morgan fingerprint density at radius 2 is 1.55 bits per heavy atom. The highest BCUT2D eigenvalue weighted by Gasteiger charge is 2.45. The van der Waals surface area contributed by atoms with Gasteiger partial charge in [0, 0.05) is 61.5 Å². The monoisotopic (exact) mass is 899 g/mol. The lowest BCUT2D eigenvalue weighted by Gasteiger charge is -2.44. The van der Waals surface area contributed by atoms with Crippen molar-refractivity contribution < 1.29 is 46.3 Å². The molecule has 0 radical (unpaired) electrons. The number of pyridine rings is 1. The number of anilines is 2. The number of imide groups is 2. The second-order valence-electron chi connectivity index (χ2n) is 16.8. The fourth-order valence-corrected chi connectivity index (χ4v) is 8.72. The van der Waals surface area contributed by atoms with Crippen molar-refractivity contribution in [1.82, 2.24) is 25.4 Å². The lowest BCUT2D eigenvalue weighted by Crippen LogP contribution is -2.55. The highest BCUT2D eigenvalue weighted by Crippen LogP contribution is 2.37. The lowest BCUT2D eigenvalue weighted by molar-refractivity contribution is -0.138. The number of nitrogens with zero attached hydrogens (tertiary/aromatic N) is 3. The van der Waals surface area contributed by atoms with Gasteiger partial charge in [0.05, 0.1) is 33.6 Å². The number of hydrogen-bond acceptors (Lipinski definition) is 9. The molecule has 3 atom stereocenters. The number of H-pyrrole nitrogens is 1. The number of alkyl halides is 3. The number of aromatic nitrogens is 1. The number of hydrogen-bond donors (Lipinski definition) is 4. The predicted octanol–water partition coefficient (Wildman–Crippen LogP) is 6.31. The first-order valence-electron chi connectivity index (χ1n) is 21.6. The molecule has 4 aromatic rings. The van der Waals surface area contributed by atoms with E-state index >= 15 is 4.39 Å². The number of likely N-dealkylation sites (N-methyl/N-ethyl adjacent to an activating group) is 1. The summed E-state index contributed by atoms with van der Waals surface area (Å²) in [6.45, 7) is 5.42. The van der Waals surface area contributed by atoms with E-state index in [1.807, 2.05) is 25.8 Å². The van der Waals surface area contributed by atoms with E-state index in [1.165, 1.54) is 18.2 Å². The maximum Gasteiger partial charge on any atom is 0.417 e. The van der Waals surface area contributed by atoms with Gasteiger partial charge in [-0.25, -0.2) is 4.39 Å². The van der Waals surface area contributed by atoms with Gasteiger partial charge in [-0.3, -0.25) is 48.7 Å². The van der Waals surface area contributed by atoms with Crippen LogP contribution in [0, 0.1) is 5.82 Å². The summed E-state index contributed by atoms with van der Waals surface area (Å²) in [5, 5.41) is 7.65. The van der Waals surface area contributed by atoms with Crippen LogP contribution in [0.4, 0.5) is 28.9 Å². The first-order chi connectivity index (χ1) is 30.9. The number of halogens is 4. The van der Waals surface area contributed by atoms with Crippen molar-refractivity contribution in [2.45, 2.75) is 89.5 Å². The van der Waals surface area contributed by atoms with Crippen molar-refractivity contribution in [1.29, 1.82) is 0 Å². The Hall–Kier alpha value is -6.69. The number of aromatic amines is 1. The van der Waals surface area contributed by atoms with Crippen LogP contribution in [-0.2, 0) is 22.2 Å². The molecule has 3 aliphatic heterocycles. The number of unbranched alkanes of at least 4 members (excludes halogenated alkanes) is 4. The standard InChI is InChI=1S/C47H49F4N7O7/c1-26-24-57(25-27(2)56(26)3)37-16-14-29(21-36(37)54-43(62)33-23-53-40(60)22-34(33)47(49,50)51)32-20-30(13-15-35(32)48)42(61)52-19-8-6-4-5-7-10-28-11-9-12-31-41(28)46(65)58(45(31)64)38-17-18-39(59)55-44(38)63/h9,11-16,20-23,26-27,38H,4-8,10,17-19,24-25H2,1-3H3,(H,52,61)(H,53,60)(H,54,62)(H,55,59,63)/t26-,27+,38?. The number of nitrogens with one attached hydrogen (secondary N) is 4. The van der Waals surface area contributed by atoms with E-state index in [2.05, 4.69) is 25.8 Å². The summed E-state index contributed by atoms with van der Waals surface area (Å²) in [6.07, 6.45) is 0.137. The Morgan fingerprint density at radius 1 is 0.831 bits per heavy atom. The number of rotatable bonds is 14. The Morgan fingerprint density at radius 3 is 2.28 bits per heavy atom. The Balaban J connectivity index is 0.966. The minimum Gasteiger partial charge on any atom is -0.367 e. The van der Waals surface area contributed by atoms with Crippen LogP contribution in [0.1, 0.15) is 111 Å². The summed E-state index contributed by atoms with van der Waals surface area (Å²) in [5.41, 5.74) is -0.935. The second kappa shape index (κ2) is 19.2. The molecular formula is C47H49F4N7O7. The van der Waals surface area contributed by atoms with Gasteiger partial charge in [-0.05, 0) is 94.1 Å². The Bertz CT molecular complexity index is 2600. The molecule has 4 N–H and O–H groups in total. The molecule has 6 amide bonds. The van der Waals surface area contributed by atoms with E-state index in [0.717, 1.165) is 36.6 Å². The SMILES string of the molecule is C[C@@H]1CN(c2ccc(-c3cc(C(=O)NCCCCCCCc4cccc5c4C(=O)N(C4CCC(=O)NC4=O)C5=O)ccc3F)cc2NC(=O)c2c[nH]c(=O)cc2C(F)(F)F)C[C@H](C)N1C. The van der Waals surface area contributed by atoms with Gasteiger partial charge in [0.1, 0.15) is 11.9 Å². The number of carbonyl (C=O) groups is 6. The Labute approximate surface area is 371 Å². The predicted molar refractivity (Wildman–Crippen MR) is 233 cm³/mol. The van der Waals surface area contributed by atoms with Gasteiger partial charge in [-0.1, -0.05) is 37.5 Å². The molecule has 3 aliphatic rings. The van der Waals surface area contributed by atoms with Gasteiger partial charge in [0.15, 0.2) is 0 Å². The number of piperazine rings is 1. The van der Waals surface area contributed by atoms with Gasteiger partial charge in [0.25, 0.3) is 23.6 Å². The number of carbonyl (C=O) groups excluding carboxylic acids is 6. The Kier molecular flexibility index (Phi) is 13.7. The van der Waals surface area contributed by atoms with Crippen LogP contribution in [0.25, 0.3) is 11.1 Å². The van der Waals surface area contributed by atoms with Crippen LogP contribution in [-0.4, -0.2) is 95.0 Å². The molecule has 0 spiro atoms. The van der Waals surface area contributed by atoms with Crippen molar-refractivity contribution in [3.63, 3.8) is 0 Å². The quantitative estimate of drug-likeness (QED) is 0.0642. The number of fused-ring (bicyclic) bond motifs is 1. The van der Waals surface area contributed by atoms with Crippen LogP contribution < -0.4 is 26.4 Å². The minimum atomic E-state index is -5.00. The van der Waals surface area contributed by atoms with Crippen molar-refractivity contribution >= 4 is 46.8 Å². The zero-order valence-electron chi connectivity index (χ0n) is 36.1. The zero-order valence-corrected chi connectivity index (χ0v) is 36.1. The summed E-state index contributed by atoms with van der Waals surface area (Å²) in [4.78, 5) is 96.5. The van der Waals surface area contributed by atoms with Crippen molar-refractivity contribution in [2.75, 3.05) is 36.9 Å². The van der Waals surface area contributed by atoms with Crippen molar-refractivity contribution in [2.24, 2.45) is 0 Å². The van der Waals surface area contributed by atoms with Crippen molar-refractivity contribution in [3.05, 3.63) is 116 Å². The third-order valence-electron chi connectivity index (χ3n) is 12.4. The fraction of sp³-hybridized carbons (Fsp3) is 0.383. The summed E-state index contributed by atoms with van der Waals surface area (Å²) >= 11 is 0. The summed E-state index contributed by atoms with van der Waals surface area (Å²) < 4.78 is 57.3. The van der Waals surface area contributed by atoms with E-state index in [4.69, 9.17) is 0 Å². The molecule has 65 heavy (non-hydrogen) atoms. The molecule has 0 saturated carbocycles. The average Bonchev–Trinajstić information content (AvgIpc) is 3.51. The molecule has 14 nitrogen and oxygen atoms in total. The molecule has 7 rings (SSSR count). The first-order valence-corrected chi connectivity index (χ1v) is 21.6. The molecule has 0 bridgehead atoms. The molecule has 3 aromatic carbocycles. The van der Waals surface area contributed by atoms with E-state index in [-0.39, 0.29) is 52.9 Å². The number of piperidine rings is 1. The van der Waals surface area contributed by atoms with Crippen LogP contribution >= 0.6 is 0 Å². The minimum absolute atomic E-state index is 0.0265. The van der Waals surface area contributed by atoms with Crippen LogP contribution in [0.3, 0.4) is 0 Å². The normalized spacial score (nSPS) is 19.0. The summed E-state index contributed by atoms with van der Waals surface area (Å²) in [6, 6.07) is 13.1. The molecule has 18 heteroatoms. The lowest BCUT2D eigenvalue weighted by atomic mass is 9.97. The number of aryl methyl sites for hydroxylation is 1. The average molecular weight is 900 g/mol. The van der Waals surface area contributed by atoms with E-state index in [1.54, 1.807) is 30.3 Å². The van der Waals surface area contributed by atoms with Crippen molar-refractivity contribution in [3.8, 4) is 11.1 Å². The third-order valence-corrected chi connectivity index (χ3v) is 12.4. The molecular weight excluding hydrogens is 851 g/mol. The highest BCUT2D eigenvalue weighted by atomic mass is 19.4. The van der Waals surface area contributed by atoms with E-state index in [0.29, 0.717) is 61.6 Å². The van der Waals surface area contributed by atoms with Gasteiger partial charge in [-0.2, -0.15) is 13.2 Å². The summed E-state index contributed by atoms with van der Waals surface area (Å²) in [5.74, 6) is -4.44. The number of amides is 6. The first kappa shape index (κ1) is 46.3. The van der Waals surface area contributed by atoms with Crippen LogP contribution in [0.15, 0.2) is 71.7 Å². The molecule has 0 aliphatic carbocycles.